The van der Waals surface area contributed by atoms with Gasteiger partial charge in [0.1, 0.15) is 0 Å². The minimum atomic E-state index is -0.342. The lowest BCUT2D eigenvalue weighted by Crippen LogP contribution is -2.54. The maximum Gasteiger partial charge on any atom is 0.239 e. The second-order valence-corrected chi connectivity index (χ2v) is 4.83. The zero-order chi connectivity index (χ0) is 12.8. The first-order valence-corrected chi connectivity index (χ1v) is 6.47. The van der Waals surface area contributed by atoms with E-state index in [2.05, 4.69) is 18.4 Å². The molecular weight excluding hydrogens is 214 g/mol. The minimum Gasteiger partial charge on any atom is -0.339 e. The fraction of sp³-hybridized carbons (Fsp3) is 0.769. The molecule has 1 rings (SSSR count). The van der Waals surface area contributed by atoms with Crippen LogP contribution in [0.15, 0.2) is 12.7 Å². The normalized spacial score (nSPS) is 21.0. The summed E-state index contributed by atoms with van der Waals surface area (Å²) in [6.45, 7) is 12.2. The molecule has 0 saturated carbocycles. The number of piperazine rings is 1. The molecular formula is C13H25N3O. The number of hydrogen-bond acceptors (Lipinski definition) is 3. The van der Waals surface area contributed by atoms with Gasteiger partial charge in [-0.1, -0.05) is 26.3 Å². The fourth-order valence-electron chi connectivity index (χ4n) is 2.04. The van der Waals surface area contributed by atoms with Crippen molar-refractivity contribution in [3.8, 4) is 0 Å². The van der Waals surface area contributed by atoms with E-state index < -0.39 is 0 Å². The Labute approximate surface area is 104 Å². The van der Waals surface area contributed by atoms with Crippen LogP contribution in [0, 0.1) is 5.92 Å². The third kappa shape index (κ3) is 3.82. The Morgan fingerprint density at radius 2 is 2.00 bits per heavy atom. The van der Waals surface area contributed by atoms with Gasteiger partial charge in [0.2, 0.25) is 5.91 Å². The van der Waals surface area contributed by atoms with Crippen LogP contribution in [-0.2, 0) is 4.79 Å². The van der Waals surface area contributed by atoms with E-state index in [1.165, 1.54) is 0 Å². The summed E-state index contributed by atoms with van der Waals surface area (Å²) in [6, 6.07) is -0.342. The highest BCUT2D eigenvalue weighted by Crippen LogP contribution is 2.10. The first-order valence-electron chi connectivity index (χ1n) is 6.47. The summed E-state index contributed by atoms with van der Waals surface area (Å²) in [5.41, 5.74) is 5.97. The van der Waals surface area contributed by atoms with Crippen molar-refractivity contribution < 1.29 is 4.79 Å². The molecule has 1 fully saturated rings. The van der Waals surface area contributed by atoms with Crippen LogP contribution in [0.3, 0.4) is 0 Å². The smallest absolute Gasteiger partial charge is 0.239 e. The van der Waals surface area contributed by atoms with Gasteiger partial charge < -0.3 is 10.6 Å². The molecule has 1 aliphatic heterocycles. The van der Waals surface area contributed by atoms with Crippen LogP contribution in [-0.4, -0.2) is 54.5 Å². The van der Waals surface area contributed by atoms with Crippen molar-refractivity contribution in [3.05, 3.63) is 12.7 Å². The van der Waals surface area contributed by atoms with Gasteiger partial charge in [0.15, 0.2) is 0 Å². The van der Waals surface area contributed by atoms with Gasteiger partial charge in [-0.3, -0.25) is 9.69 Å². The summed E-state index contributed by atoms with van der Waals surface area (Å²) in [5.74, 6) is 0.367. The van der Waals surface area contributed by atoms with Crippen LogP contribution in [0.4, 0.5) is 0 Å². The fourth-order valence-corrected chi connectivity index (χ4v) is 2.04. The average Bonchev–Trinajstić information content (AvgIpc) is 2.37. The van der Waals surface area contributed by atoms with Crippen LogP contribution < -0.4 is 5.73 Å². The summed E-state index contributed by atoms with van der Waals surface area (Å²) in [6.07, 6.45) is 2.85. The Morgan fingerprint density at radius 3 is 2.47 bits per heavy atom. The number of carbonyl (C=O) groups is 1. The molecule has 1 saturated heterocycles. The molecule has 0 aromatic rings. The van der Waals surface area contributed by atoms with Gasteiger partial charge in [0.05, 0.1) is 6.04 Å². The Bertz CT molecular complexity index is 259. The quantitative estimate of drug-likeness (QED) is 0.718. The van der Waals surface area contributed by atoms with Crippen molar-refractivity contribution in [1.82, 2.24) is 9.80 Å². The summed E-state index contributed by atoms with van der Waals surface area (Å²) < 4.78 is 0. The molecule has 1 aliphatic rings. The van der Waals surface area contributed by atoms with Gasteiger partial charge in [-0.2, -0.15) is 0 Å². The molecule has 1 heterocycles. The molecule has 1 amide bonds. The highest BCUT2D eigenvalue weighted by Gasteiger charge is 2.27. The van der Waals surface area contributed by atoms with Crippen LogP contribution in [0.2, 0.25) is 0 Å². The molecule has 0 aliphatic carbocycles. The lowest BCUT2D eigenvalue weighted by atomic mass is 9.98. The molecule has 0 bridgehead atoms. The molecule has 0 unspecified atom stereocenters. The molecule has 17 heavy (non-hydrogen) atoms. The van der Waals surface area contributed by atoms with Crippen molar-refractivity contribution in [3.63, 3.8) is 0 Å². The van der Waals surface area contributed by atoms with E-state index in [9.17, 15) is 4.79 Å². The van der Waals surface area contributed by atoms with E-state index >= 15 is 0 Å². The van der Waals surface area contributed by atoms with E-state index in [1.54, 1.807) is 0 Å². The largest absolute Gasteiger partial charge is 0.339 e. The zero-order valence-electron chi connectivity index (χ0n) is 11.1. The SMILES string of the molecule is C=CCN1CCN(C(=O)[C@@H](N)[C@@H](C)CC)CC1. The molecule has 4 heteroatoms. The van der Waals surface area contributed by atoms with Crippen LogP contribution in [0.5, 0.6) is 0 Å². The van der Waals surface area contributed by atoms with E-state index in [0.717, 1.165) is 39.1 Å². The third-order valence-corrected chi connectivity index (χ3v) is 3.61. The highest BCUT2D eigenvalue weighted by molar-refractivity contribution is 5.82. The molecule has 2 atom stereocenters. The van der Waals surface area contributed by atoms with E-state index in [-0.39, 0.29) is 17.9 Å². The molecule has 0 spiro atoms. The highest BCUT2D eigenvalue weighted by atomic mass is 16.2. The number of carbonyl (C=O) groups excluding carboxylic acids is 1. The van der Waals surface area contributed by atoms with Gasteiger partial charge in [-0.05, 0) is 5.92 Å². The van der Waals surface area contributed by atoms with Crippen LogP contribution >= 0.6 is 0 Å². The molecule has 0 aromatic carbocycles. The molecule has 2 N–H and O–H groups in total. The number of nitrogens with two attached hydrogens (primary N) is 1. The zero-order valence-corrected chi connectivity index (χ0v) is 11.1. The second kappa shape index (κ2) is 6.77. The van der Waals surface area contributed by atoms with E-state index in [1.807, 2.05) is 17.9 Å². The summed E-state index contributed by atoms with van der Waals surface area (Å²) in [5, 5.41) is 0. The molecule has 0 aromatic heterocycles. The van der Waals surface area contributed by atoms with Gasteiger partial charge >= 0.3 is 0 Å². The third-order valence-electron chi connectivity index (χ3n) is 3.61. The van der Waals surface area contributed by atoms with Crippen molar-refractivity contribution in [1.29, 1.82) is 0 Å². The van der Waals surface area contributed by atoms with Crippen LogP contribution in [0.1, 0.15) is 20.3 Å². The summed E-state index contributed by atoms with van der Waals surface area (Å²) >= 11 is 0. The monoisotopic (exact) mass is 239 g/mol. The van der Waals surface area contributed by atoms with Gasteiger partial charge in [-0.25, -0.2) is 0 Å². The first-order chi connectivity index (χ1) is 8.10. The second-order valence-electron chi connectivity index (χ2n) is 4.83. The lowest BCUT2D eigenvalue weighted by Gasteiger charge is -2.36. The van der Waals surface area contributed by atoms with E-state index in [0.29, 0.717) is 0 Å². The van der Waals surface area contributed by atoms with Gasteiger partial charge in [-0.15, -0.1) is 6.58 Å². The topological polar surface area (TPSA) is 49.6 Å². The van der Waals surface area contributed by atoms with Crippen molar-refractivity contribution in [2.24, 2.45) is 11.7 Å². The predicted octanol–water partition coefficient (Wildman–Crippen LogP) is 0.690. The lowest BCUT2D eigenvalue weighted by molar-refractivity contribution is -0.135. The predicted molar refractivity (Wildman–Crippen MR) is 70.6 cm³/mol. The maximum absolute atomic E-state index is 12.1. The van der Waals surface area contributed by atoms with E-state index in [4.69, 9.17) is 5.73 Å². The first kappa shape index (κ1) is 14.2. The number of hydrogen-bond donors (Lipinski definition) is 1. The Hall–Kier alpha value is -0.870. The Morgan fingerprint density at radius 1 is 1.41 bits per heavy atom. The summed E-state index contributed by atoms with van der Waals surface area (Å²) in [4.78, 5) is 16.3. The molecule has 4 nitrogen and oxygen atoms in total. The number of amides is 1. The van der Waals surface area contributed by atoms with Gasteiger partial charge in [0, 0.05) is 32.7 Å². The van der Waals surface area contributed by atoms with Crippen molar-refractivity contribution in [2.75, 3.05) is 32.7 Å². The van der Waals surface area contributed by atoms with Crippen LogP contribution in [0.25, 0.3) is 0 Å². The standard InChI is InChI=1S/C13H25N3O/c1-4-6-15-7-9-16(10-8-15)13(17)12(14)11(3)5-2/h4,11-12H,1,5-10,14H2,2-3H3/t11-,12-/m0/s1. The molecule has 98 valence electrons. The molecule has 0 radical (unpaired) electrons. The van der Waals surface area contributed by atoms with Crippen molar-refractivity contribution >= 4 is 5.91 Å². The minimum absolute atomic E-state index is 0.109. The number of rotatable bonds is 5. The Balaban J connectivity index is 2.42. The van der Waals surface area contributed by atoms with Crippen molar-refractivity contribution in [2.45, 2.75) is 26.3 Å². The Kier molecular flexibility index (Phi) is 5.65. The number of nitrogens with zero attached hydrogens (tertiary/aromatic N) is 2. The maximum atomic E-state index is 12.1. The summed E-state index contributed by atoms with van der Waals surface area (Å²) in [7, 11) is 0. The average molecular weight is 239 g/mol. The van der Waals surface area contributed by atoms with Gasteiger partial charge in [0.25, 0.3) is 0 Å².